The fraction of sp³-hybridized carbons (Fsp3) is 0.111. The molecule has 0 aliphatic heterocycles. The zero-order valence-electron chi connectivity index (χ0n) is 13.0. The molecule has 1 aliphatic carbocycles. The van der Waals surface area contributed by atoms with Crippen molar-refractivity contribution in [1.82, 2.24) is 0 Å². The molecule has 0 bridgehead atoms. The molecule has 0 aromatic heterocycles. The molecule has 0 fully saturated rings. The Kier molecular flexibility index (Phi) is 3.84. The number of hydrogen-bond acceptors (Lipinski definition) is 6. The molecule has 2 aromatic rings. The lowest BCUT2D eigenvalue weighted by atomic mass is 9.82. The van der Waals surface area contributed by atoms with Gasteiger partial charge in [-0.15, -0.1) is 0 Å². The van der Waals surface area contributed by atoms with E-state index in [0.717, 1.165) is 12.1 Å². The highest BCUT2D eigenvalue weighted by atomic mass is 16.5. The van der Waals surface area contributed by atoms with Crippen molar-refractivity contribution in [1.29, 1.82) is 0 Å². The Balaban J connectivity index is 2.23. The number of aromatic hydroxyl groups is 1. The van der Waals surface area contributed by atoms with Crippen molar-refractivity contribution in [2.45, 2.75) is 13.3 Å². The highest BCUT2D eigenvalue weighted by molar-refractivity contribution is 6.30. The standard InChI is InChI=1S/C18H12O7/c1-2-13(20)25-12-5-3-4-9-15(12)17(22)14-10(16(9)21)6-8(18(23)24)7-11(14)19/h3-7,19H,2H2,1H3,(H,23,24). The number of ether oxygens (including phenoxy) is 1. The van der Waals surface area contributed by atoms with Crippen LogP contribution >= 0.6 is 0 Å². The SMILES string of the molecule is CCC(=O)Oc1cccc2c1C(=O)c1c(O)cc(C(=O)O)cc1C2=O. The maximum Gasteiger partial charge on any atom is 0.335 e. The molecule has 7 nitrogen and oxygen atoms in total. The van der Waals surface area contributed by atoms with E-state index in [4.69, 9.17) is 9.84 Å². The lowest BCUT2D eigenvalue weighted by Gasteiger charge is -2.20. The number of benzene rings is 2. The summed E-state index contributed by atoms with van der Waals surface area (Å²) in [4.78, 5) is 48.2. The Labute approximate surface area is 141 Å². The van der Waals surface area contributed by atoms with Gasteiger partial charge in [0.2, 0.25) is 5.78 Å². The average molecular weight is 340 g/mol. The van der Waals surface area contributed by atoms with Gasteiger partial charge in [-0.2, -0.15) is 0 Å². The third-order valence-corrected chi connectivity index (χ3v) is 3.85. The van der Waals surface area contributed by atoms with Crippen LogP contribution in [0, 0.1) is 0 Å². The molecule has 126 valence electrons. The Morgan fingerprint density at radius 1 is 1.04 bits per heavy atom. The predicted octanol–water partition coefficient (Wildman–Crippen LogP) is 2.18. The van der Waals surface area contributed by atoms with Crippen LogP contribution in [0.3, 0.4) is 0 Å². The van der Waals surface area contributed by atoms with Crippen LogP contribution in [0.5, 0.6) is 11.5 Å². The number of carboxylic acid groups (broad SMARTS) is 1. The number of carbonyl (C=O) groups excluding carboxylic acids is 3. The maximum atomic E-state index is 12.8. The Morgan fingerprint density at radius 2 is 1.76 bits per heavy atom. The van der Waals surface area contributed by atoms with Crippen LogP contribution < -0.4 is 4.74 Å². The molecule has 25 heavy (non-hydrogen) atoms. The fourth-order valence-electron chi connectivity index (χ4n) is 2.67. The second-order valence-corrected chi connectivity index (χ2v) is 5.39. The average Bonchev–Trinajstić information content (AvgIpc) is 2.58. The third-order valence-electron chi connectivity index (χ3n) is 3.85. The molecular weight excluding hydrogens is 328 g/mol. The van der Waals surface area contributed by atoms with Gasteiger partial charge in [0, 0.05) is 17.5 Å². The Bertz CT molecular complexity index is 956. The van der Waals surface area contributed by atoms with Gasteiger partial charge in [-0.25, -0.2) is 4.79 Å². The highest BCUT2D eigenvalue weighted by Gasteiger charge is 2.35. The van der Waals surface area contributed by atoms with E-state index < -0.39 is 29.3 Å². The van der Waals surface area contributed by atoms with E-state index in [-0.39, 0.29) is 40.0 Å². The van der Waals surface area contributed by atoms with Gasteiger partial charge in [0.05, 0.1) is 16.7 Å². The number of ketones is 2. The number of hydrogen-bond donors (Lipinski definition) is 2. The molecule has 0 heterocycles. The summed E-state index contributed by atoms with van der Waals surface area (Å²) in [6, 6.07) is 6.16. The zero-order valence-corrected chi connectivity index (χ0v) is 13.0. The van der Waals surface area contributed by atoms with Crippen molar-refractivity contribution in [3.63, 3.8) is 0 Å². The molecular formula is C18H12O7. The van der Waals surface area contributed by atoms with Gasteiger partial charge >= 0.3 is 11.9 Å². The molecule has 2 aromatic carbocycles. The van der Waals surface area contributed by atoms with Crippen molar-refractivity contribution in [3.8, 4) is 11.5 Å². The van der Waals surface area contributed by atoms with Crippen LogP contribution in [-0.2, 0) is 4.79 Å². The highest BCUT2D eigenvalue weighted by Crippen LogP contribution is 2.37. The van der Waals surface area contributed by atoms with E-state index in [0.29, 0.717) is 0 Å². The van der Waals surface area contributed by atoms with Gasteiger partial charge in [0.25, 0.3) is 0 Å². The Hall–Kier alpha value is -3.48. The lowest BCUT2D eigenvalue weighted by Crippen LogP contribution is -2.23. The summed E-state index contributed by atoms with van der Waals surface area (Å²) < 4.78 is 5.11. The van der Waals surface area contributed by atoms with E-state index in [9.17, 15) is 24.3 Å². The van der Waals surface area contributed by atoms with Gasteiger partial charge in [-0.05, 0) is 18.2 Å². The molecule has 0 saturated carbocycles. The van der Waals surface area contributed by atoms with Crippen molar-refractivity contribution < 1.29 is 34.1 Å². The van der Waals surface area contributed by atoms with E-state index in [2.05, 4.69) is 0 Å². The normalized spacial score (nSPS) is 12.4. The first-order valence-corrected chi connectivity index (χ1v) is 7.38. The molecule has 3 rings (SSSR count). The van der Waals surface area contributed by atoms with Crippen LogP contribution in [0.25, 0.3) is 0 Å². The number of esters is 1. The first kappa shape index (κ1) is 16.4. The van der Waals surface area contributed by atoms with Crippen molar-refractivity contribution in [3.05, 3.63) is 58.1 Å². The van der Waals surface area contributed by atoms with E-state index >= 15 is 0 Å². The third kappa shape index (κ3) is 2.55. The second-order valence-electron chi connectivity index (χ2n) is 5.39. The van der Waals surface area contributed by atoms with E-state index in [1.54, 1.807) is 6.92 Å². The monoisotopic (exact) mass is 340 g/mol. The quantitative estimate of drug-likeness (QED) is 0.554. The first-order chi connectivity index (χ1) is 11.8. The topological polar surface area (TPSA) is 118 Å². The number of fused-ring (bicyclic) bond motifs is 2. The van der Waals surface area contributed by atoms with Crippen LogP contribution in [-0.4, -0.2) is 33.7 Å². The molecule has 0 saturated heterocycles. The molecule has 1 aliphatic rings. The summed E-state index contributed by atoms with van der Waals surface area (Å²) in [7, 11) is 0. The first-order valence-electron chi connectivity index (χ1n) is 7.38. The fourth-order valence-corrected chi connectivity index (χ4v) is 2.67. The number of rotatable bonds is 3. The molecule has 0 amide bonds. The summed E-state index contributed by atoms with van der Waals surface area (Å²) in [6.45, 7) is 1.58. The Morgan fingerprint density at radius 3 is 2.40 bits per heavy atom. The summed E-state index contributed by atoms with van der Waals surface area (Å²) in [5, 5.41) is 19.1. The predicted molar refractivity (Wildman–Crippen MR) is 84.3 cm³/mol. The summed E-state index contributed by atoms with van der Waals surface area (Å²) in [5.41, 5.74) is -0.952. The minimum Gasteiger partial charge on any atom is -0.507 e. The molecule has 0 atom stereocenters. The van der Waals surface area contributed by atoms with Crippen LogP contribution in [0.15, 0.2) is 30.3 Å². The van der Waals surface area contributed by atoms with Crippen molar-refractivity contribution in [2.24, 2.45) is 0 Å². The molecule has 2 N–H and O–H groups in total. The van der Waals surface area contributed by atoms with Crippen LogP contribution in [0.1, 0.15) is 55.5 Å². The maximum absolute atomic E-state index is 12.8. The number of carbonyl (C=O) groups is 4. The number of phenolic OH excluding ortho intramolecular Hbond substituents is 1. The number of carboxylic acids is 1. The smallest absolute Gasteiger partial charge is 0.335 e. The number of aromatic carboxylic acids is 1. The van der Waals surface area contributed by atoms with Crippen molar-refractivity contribution in [2.75, 3.05) is 0 Å². The molecule has 7 heteroatoms. The van der Waals surface area contributed by atoms with Gasteiger partial charge in [0.1, 0.15) is 11.5 Å². The zero-order chi connectivity index (χ0) is 18.3. The van der Waals surface area contributed by atoms with Gasteiger partial charge in [0.15, 0.2) is 5.78 Å². The summed E-state index contributed by atoms with van der Waals surface area (Å²) in [5.74, 6) is -3.94. The second kappa shape index (κ2) is 5.86. The molecule has 0 unspecified atom stereocenters. The van der Waals surface area contributed by atoms with Gasteiger partial charge in [-0.1, -0.05) is 19.1 Å². The largest absolute Gasteiger partial charge is 0.507 e. The van der Waals surface area contributed by atoms with Gasteiger partial charge < -0.3 is 14.9 Å². The van der Waals surface area contributed by atoms with Crippen molar-refractivity contribution >= 4 is 23.5 Å². The number of phenols is 1. The molecule has 0 spiro atoms. The minimum atomic E-state index is -1.34. The van der Waals surface area contributed by atoms with E-state index in [1.807, 2.05) is 0 Å². The molecule has 0 radical (unpaired) electrons. The van der Waals surface area contributed by atoms with Crippen LogP contribution in [0.4, 0.5) is 0 Å². The summed E-state index contributed by atoms with van der Waals surface area (Å²) >= 11 is 0. The van der Waals surface area contributed by atoms with Crippen LogP contribution in [0.2, 0.25) is 0 Å². The minimum absolute atomic E-state index is 0.0131. The summed E-state index contributed by atoms with van der Waals surface area (Å²) in [6.07, 6.45) is 0.0790. The lowest BCUT2D eigenvalue weighted by molar-refractivity contribution is -0.134. The van der Waals surface area contributed by atoms with Gasteiger partial charge in [-0.3, -0.25) is 14.4 Å². The van der Waals surface area contributed by atoms with E-state index in [1.165, 1.54) is 18.2 Å².